The van der Waals surface area contributed by atoms with Crippen LogP contribution in [0.3, 0.4) is 0 Å². The fourth-order valence-corrected chi connectivity index (χ4v) is 10.1. The molecule has 7 heterocycles. The summed E-state index contributed by atoms with van der Waals surface area (Å²) in [6.07, 6.45) is -0.0581. The van der Waals surface area contributed by atoms with E-state index in [9.17, 15) is 41.9 Å². The highest BCUT2D eigenvalue weighted by Crippen LogP contribution is 2.35. The number of primary amides is 1. The van der Waals surface area contributed by atoms with Crippen LogP contribution in [0.5, 0.6) is 0 Å². The molecule has 6 aliphatic heterocycles. The number of imide groups is 2. The van der Waals surface area contributed by atoms with Crippen molar-refractivity contribution in [2.24, 2.45) is 11.7 Å². The van der Waals surface area contributed by atoms with Crippen molar-refractivity contribution in [3.63, 3.8) is 0 Å². The second-order valence-electron chi connectivity index (χ2n) is 17.5. The molecule has 18 nitrogen and oxygen atoms in total. The molecule has 0 aliphatic carbocycles. The van der Waals surface area contributed by atoms with E-state index in [-0.39, 0.29) is 60.6 Å². The van der Waals surface area contributed by atoms with Gasteiger partial charge in [0.25, 0.3) is 17.7 Å². The molecule has 4 N–H and O–H groups in total. The van der Waals surface area contributed by atoms with Crippen LogP contribution >= 0.6 is 0 Å². The highest BCUT2D eigenvalue weighted by atomic mass is 19.4. The lowest BCUT2D eigenvalue weighted by atomic mass is 9.89. The Morgan fingerprint density at radius 3 is 2.33 bits per heavy atom. The number of halogens is 3. The Bertz CT molecular complexity index is 2360. The zero-order valence-corrected chi connectivity index (χ0v) is 35.1. The van der Waals surface area contributed by atoms with Gasteiger partial charge < -0.3 is 35.6 Å². The molecule has 9 rings (SSSR count). The molecule has 0 bridgehead atoms. The molecule has 338 valence electrons. The molecule has 1 aromatic heterocycles. The van der Waals surface area contributed by atoms with Gasteiger partial charge in [0.15, 0.2) is 11.5 Å². The summed E-state index contributed by atoms with van der Waals surface area (Å²) in [6.45, 7) is 4.22. The minimum atomic E-state index is -4.48. The van der Waals surface area contributed by atoms with Crippen LogP contribution in [0.4, 0.5) is 41.1 Å². The number of fused-ring (bicyclic) bond motifs is 1. The Labute approximate surface area is 366 Å². The maximum Gasteiger partial charge on any atom is 0.406 e. The number of rotatable bonds is 11. The van der Waals surface area contributed by atoms with Gasteiger partial charge in [-0.2, -0.15) is 18.2 Å². The average molecular weight is 887 g/mol. The molecule has 21 heteroatoms. The molecule has 5 saturated heterocycles. The quantitative estimate of drug-likeness (QED) is 0.237. The van der Waals surface area contributed by atoms with Crippen LogP contribution in [0.25, 0.3) is 0 Å². The van der Waals surface area contributed by atoms with E-state index in [4.69, 9.17) is 5.73 Å². The van der Waals surface area contributed by atoms with Crippen LogP contribution in [-0.4, -0.2) is 154 Å². The molecule has 5 fully saturated rings. The summed E-state index contributed by atoms with van der Waals surface area (Å²) < 4.78 is 39.1. The molecule has 64 heavy (non-hydrogen) atoms. The zero-order valence-electron chi connectivity index (χ0n) is 35.1. The topological polar surface area (TPSA) is 211 Å². The van der Waals surface area contributed by atoms with E-state index in [2.05, 4.69) is 47.7 Å². The van der Waals surface area contributed by atoms with E-state index in [0.717, 1.165) is 67.5 Å². The number of urea groups is 1. The van der Waals surface area contributed by atoms with E-state index in [1.165, 1.54) is 10.5 Å². The van der Waals surface area contributed by atoms with Crippen molar-refractivity contribution in [2.75, 3.05) is 80.6 Å². The lowest BCUT2D eigenvalue weighted by Gasteiger charge is -2.37. The third-order valence-corrected chi connectivity index (χ3v) is 13.3. The molecule has 3 atom stereocenters. The third kappa shape index (κ3) is 8.76. The number of anilines is 4. The number of hydrogen-bond acceptors (Lipinski definition) is 13. The van der Waals surface area contributed by atoms with Gasteiger partial charge in [0.2, 0.25) is 17.8 Å². The standard InChI is InChI=1S/C43H49F3N12O6/c44-43(45,46)24-56-18-19-57(42(56)64)30-2-1-14-55(23-30)41-50-37(35(36(47)60)51-52-41)48-28-5-3-26(4-6-28)27-12-15-53(16-13-27)21-25-11-17-54(22-25)29-7-8-31-32(20-29)40(63)58(39(31)62)33-9-10-34(59)49-38(33)61/h3-8,20,25,27,30,33H,1-2,9-19,21-24H2,(H2,47,60)(H,48,50,52)(H,49,59,61)/t25?,30-,33?/m1/s1. The zero-order chi connectivity index (χ0) is 44.9. The lowest BCUT2D eigenvalue weighted by molar-refractivity contribution is -0.139. The van der Waals surface area contributed by atoms with Gasteiger partial charge in [0.1, 0.15) is 12.6 Å². The van der Waals surface area contributed by atoms with Crippen molar-refractivity contribution in [3.05, 3.63) is 64.8 Å². The number of carbonyl (C=O) groups excluding carboxylic acids is 6. The molecule has 2 aromatic carbocycles. The summed E-state index contributed by atoms with van der Waals surface area (Å²) in [6, 6.07) is 11.2. The van der Waals surface area contributed by atoms with Gasteiger partial charge in [0, 0.05) is 63.6 Å². The van der Waals surface area contributed by atoms with Gasteiger partial charge in [-0.25, -0.2) is 4.79 Å². The Morgan fingerprint density at radius 2 is 1.59 bits per heavy atom. The first kappa shape index (κ1) is 42.9. The molecular formula is C43H49F3N12O6. The Hall–Kier alpha value is -6.38. The normalized spacial score (nSPS) is 23.6. The van der Waals surface area contributed by atoms with Gasteiger partial charge in [-0.3, -0.25) is 34.2 Å². The monoisotopic (exact) mass is 886 g/mol. The smallest absolute Gasteiger partial charge is 0.371 e. The van der Waals surface area contributed by atoms with Crippen LogP contribution in [0.2, 0.25) is 0 Å². The van der Waals surface area contributed by atoms with Crippen LogP contribution < -0.4 is 26.2 Å². The van der Waals surface area contributed by atoms with E-state index < -0.39 is 54.3 Å². The van der Waals surface area contributed by atoms with Gasteiger partial charge in [-0.1, -0.05) is 12.1 Å². The van der Waals surface area contributed by atoms with E-state index >= 15 is 0 Å². The van der Waals surface area contributed by atoms with Gasteiger partial charge in [0.05, 0.1) is 17.2 Å². The second-order valence-corrected chi connectivity index (χ2v) is 17.5. The second kappa shape index (κ2) is 17.3. The number of benzene rings is 2. The molecule has 2 unspecified atom stereocenters. The van der Waals surface area contributed by atoms with Crippen molar-refractivity contribution < 1.29 is 41.9 Å². The highest BCUT2D eigenvalue weighted by molar-refractivity contribution is 6.23. The summed E-state index contributed by atoms with van der Waals surface area (Å²) in [4.78, 5) is 90.3. The summed E-state index contributed by atoms with van der Waals surface area (Å²) in [5.41, 5.74) is 8.77. The van der Waals surface area contributed by atoms with Crippen molar-refractivity contribution in [1.82, 2.24) is 40.1 Å². The Kier molecular flexibility index (Phi) is 11.6. The molecule has 0 radical (unpaired) electrons. The number of likely N-dealkylation sites (tertiary alicyclic amines) is 1. The number of aromatic nitrogens is 3. The first-order valence-electron chi connectivity index (χ1n) is 21.8. The number of piperidine rings is 3. The summed E-state index contributed by atoms with van der Waals surface area (Å²) in [5, 5.41) is 13.6. The number of alkyl halides is 3. The maximum atomic E-state index is 13.4. The number of amides is 7. The minimum Gasteiger partial charge on any atom is -0.371 e. The lowest BCUT2D eigenvalue weighted by Crippen LogP contribution is -2.54. The number of nitrogens with zero attached hydrogens (tertiary/aromatic N) is 9. The van der Waals surface area contributed by atoms with Crippen LogP contribution in [-0.2, 0) is 9.59 Å². The van der Waals surface area contributed by atoms with Crippen molar-refractivity contribution in [3.8, 4) is 0 Å². The Balaban J connectivity index is 0.766. The Morgan fingerprint density at radius 1 is 0.828 bits per heavy atom. The van der Waals surface area contributed by atoms with Crippen LogP contribution in [0.1, 0.15) is 87.6 Å². The summed E-state index contributed by atoms with van der Waals surface area (Å²) in [7, 11) is 0. The van der Waals surface area contributed by atoms with Crippen molar-refractivity contribution in [2.45, 2.75) is 69.1 Å². The minimum absolute atomic E-state index is 0.00153. The number of hydrogen-bond donors (Lipinski definition) is 3. The summed E-state index contributed by atoms with van der Waals surface area (Å²) in [5.74, 6) is -1.75. The predicted molar refractivity (Wildman–Crippen MR) is 225 cm³/mol. The van der Waals surface area contributed by atoms with E-state index in [1.807, 2.05) is 23.1 Å². The summed E-state index contributed by atoms with van der Waals surface area (Å²) >= 11 is 0. The fourth-order valence-electron chi connectivity index (χ4n) is 10.1. The van der Waals surface area contributed by atoms with Crippen molar-refractivity contribution in [1.29, 1.82) is 0 Å². The van der Waals surface area contributed by atoms with E-state index in [0.29, 0.717) is 43.5 Å². The van der Waals surface area contributed by atoms with Crippen LogP contribution in [0, 0.1) is 5.92 Å². The predicted octanol–water partition coefficient (Wildman–Crippen LogP) is 3.09. The van der Waals surface area contributed by atoms with Gasteiger partial charge in [-0.15, -0.1) is 10.2 Å². The SMILES string of the molecule is NC(=O)c1nnc(N2CCC[C@@H](N3CCN(CC(F)(F)F)C3=O)C2)nc1Nc1ccc(C2CCN(CC3CCN(c4ccc5c(c4)C(=O)N(C4CCC(=O)NC4=O)C5=O)C3)CC2)cc1. The number of nitrogens with one attached hydrogen (secondary N) is 2. The molecule has 3 aromatic rings. The average Bonchev–Trinajstić information content (AvgIpc) is 3.96. The van der Waals surface area contributed by atoms with Gasteiger partial charge >= 0.3 is 12.2 Å². The third-order valence-electron chi connectivity index (χ3n) is 13.3. The molecule has 0 saturated carbocycles. The van der Waals surface area contributed by atoms with E-state index in [1.54, 1.807) is 12.1 Å². The van der Waals surface area contributed by atoms with Crippen LogP contribution in [0.15, 0.2) is 42.5 Å². The van der Waals surface area contributed by atoms with Gasteiger partial charge in [-0.05, 0) is 99.3 Å². The molecule has 7 amide bonds. The molecule has 6 aliphatic rings. The first-order chi connectivity index (χ1) is 30.7. The number of carbonyl (C=O) groups is 6. The molecular weight excluding hydrogens is 838 g/mol. The molecule has 0 spiro atoms. The largest absolute Gasteiger partial charge is 0.406 e. The number of nitrogens with two attached hydrogens (primary N) is 1. The fraction of sp³-hybridized carbons (Fsp3) is 0.512. The first-order valence-corrected chi connectivity index (χ1v) is 21.8. The maximum absolute atomic E-state index is 13.4. The van der Waals surface area contributed by atoms with Crippen molar-refractivity contribution >= 4 is 58.7 Å². The highest BCUT2D eigenvalue weighted by Gasteiger charge is 2.45.